The van der Waals surface area contributed by atoms with E-state index in [-0.39, 0.29) is 87.4 Å². The predicted octanol–water partition coefficient (Wildman–Crippen LogP) is 17.3. The van der Waals surface area contributed by atoms with E-state index in [0.29, 0.717) is 36.8 Å². The van der Waals surface area contributed by atoms with Crippen molar-refractivity contribution in [1.82, 2.24) is 0 Å². The molecule has 15 rings (SSSR count). The fourth-order valence-corrected chi connectivity index (χ4v) is 21.5. The van der Waals surface area contributed by atoms with E-state index in [4.69, 9.17) is 71.1 Å². The first-order valence-electron chi connectivity index (χ1n) is 45.7. The summed E-state index contributed by atoms with van der Waals surface area (Å²) in [5.41, 5.74) is 1.23. The molecule has 16 unspecified atom stereocenters. The lowest BCUT2D eigenvalue weighted by Crippen LogP contribution is -2.64. The van der Waals surface area contributed by atoms with E-state index in [0.717, 1.165) is 32.1 Å². The van der Waals surface area contributed by atoms with Crippen LogP contribution in [0.5, 0.6) is 0 Å². The Labute approximate surface area is 749 Å². The van der Waals surface area contributed by atoms with Crippen LogP contribution >= 0.6 is 0 Å². The first-order valence-corrected chi connectivity index (χ1v) is 45.7. The minimum absolute atomic E-state index is 0.0176. The van der Waals surface area contributed by atoms with Crippen LogP contribution < -0.4 is 0 Å². The standard InChI is InChI=1S/C104H120O24/c1-59(57-115-99-89(124-96(111)72-41-27-16-28-42-72)85(60(2)65(7)116-99)121-93(108)69-35-21-13-22-36-69)47-50-80(105)63(5)83-81(106)56-79-77-49-48-75-55-76(51-53-103(75,10)78(77)52-54-104(79,83)11)119-100-88(128-102-91(126-98(113)74-45-31-18-32-46-74)87(62(4)67(9)118-102)123-95(110)71-39-25-15-26-40-71)64(6)84(82(120-100)58-114-92(107)68-33-19-12-20-34-68)127-101-90(125-97(112)73-43-29-17-30-44-73)86(61(3)66(8)117-101)122-94(109)70-37-23-14-24-38-70/h12-46,59-67,75-79,82-91,99-102H,47-58H2,1-11H3/t59-,60-,61-,62-,63+,64-,65?,66?,67?,75?,76?,77?,78?,79?,82?,83?,84+,85+,86+,87+,88?,89?,90?,91?,99+,100+,101-,102-,103?,104?/m0/s1. The Bertz CT molecular complexity index is 4950. The second-order valence-corrected chi connectivity index (χ2v) is 37.3. The van der Waals surface area contributed by atoms with Gasteiger partial charge in [-0.2, -0.15) is 0 Å². The molecule has 0 amide bonds. The Morgan fingerprint density at radius 2 is 0.742 bits per heavy atom. The molecule has 0 spiro atoms. The van der Waals surface area contributed by atoms with Crippen LogP contribution in [0.2, 0.25) is 0 Å². The van der Waals surface area contributed by atoms with Crippen molar-refractivity contribution in [3.05, 3.63) is 251 Å². The monoisotopic (exact) mass is 1750 g/mol. The quantitative estimate of drug-likeness (QED) is 0.0239. The van der Waals surface area contributed by atoms with Crippen LogP contribution in [-0.2, 0) is 80.6 Å². The summed E-state index contributed by atoms with van der Waals surface area (Å²) in [6.45, 7) is 21.2. The van der Waals surface area contributed by atoms with Crippen LogP contribution in [0.3, 0.4) is 0 Å². The van der Waals surface area contributed by atoms with Gasteiger partial charge in [0.15, 0.2) is 43.5 Å². The largest absolute Gasteiger partial charge is 0.459 e. The van der Waals surface area contributed by atoms with E-state index < -0.39 is 194 Å². The SMILES string of the molecule is CC1O[C@@H](OC[C@@H](C)CCC(=O)[C@@H](C)C2C(=O)CC3C4CCC5CC(O[C@@H]6OC(COC(=O)c7ccccc7)[C@H](O[C@@H]7OC(C)[C@H](C)[C@@H](OC(=O)c8ccccc8)C7OC(=O)c7ccccc7)[C@H](C)C6O[C@@H]6OC(C)[C@H](C)[C@@H](OC(=O)c7ccccc7)C6OC(=O)c6ccccc6)CCC5(C)C4CCC32C)C(OC(=O)c2ccccc2)[C@H](OC(=O)c2ccccc2)[C@H]1C. The van der Waals surface area contributed by atoms with Gasteiger partial charge in [0.25, 0.3) is 0 Å². The van der Waals surface area contributed by atoms with Gasteiger partial charge >= 0.3 is 41.8 Å². The molecule has 0 radical (unpaired) electrons. The average molecular weight is 1750 g/mol. The van der Waals surface area contributed by atoms with Crippen molar-refractivity contribution in [3.63, 3.8) is 0 Å². The number of benzene rings is 7. The van der Waals surface area contributed by atoms with Gasteiger partial charge in [-0.3, -0.25) is 9.59 Å². The Morgan fingerprint density at radius 1 is 0.383 bits per heavy atom. The van der Waals surface area contributed by atoms with E-state index in [2.05, 4.69) is 13.8 Å². The Balaban J connectivity index is 0.680. The second kappa shape index (κ2) is 40.9. The van der Waals surface area contributed by atoms with Crippen LogP contribution in [0.15, 0.2) is 212 Å². The number of carbonyl (C=O) groups excluding carboxylic acids is 9. The van der Waals surface area contributed by atoms with Gasteiger partial charge < -0.3 is 71.1 Å². The molecule has 4 aliphatic carbocycles. The van der Waals surface area contributed by atoms with Crippen molar-refractivity contribution in [1.29, 1.82) is 0 Å². The lowest BCUT2D eigenvalue weighted by molar-refractivity contribution is -0.378. The lowest BCUT2D eigenvalue weighted by Gasteiger charge is -2.61. The maximum absolute atomic E-state index is 14.9. The third kappa shape index (κ3) is 20.4. The van der Waals surface area contributed by atoms with Gasteiger partial charge in [0.1, 0.15) is 48.7 Å². The Morgan fingerprint density at radius 3 is 1.16 bits per heavy atom. The third-order valence-electron chi connectivity index (χ3n) is 29.4. The van der Waals surface area contributed by atoms with Crippen LogP contribution in [0.4, 0.5) is 0 Å². The van der Waals surface area contributed by atoms with Crippen LogP contribution in [-0.4, -0.2) is 171 Å². The summed E-state index contributed by atoms with van der Waals surface area (Å²) >= 11 is 0. The molecular formula is C104H120O24. The van der Waals surface area contributed by atoms with Crippen molar-refractivity contribution in [2.75, 3.05) is 13.2 Å². The maximum Gasteiger partial charge on any atom is 0.338 e. The minimum Gasteiger partial charge on any atom is -0.459 e. The molecular weight excluding hydrogens is 1630 g/mol. The molecule has 7 aromatic rings. The van der Waals surface area contributed by atoms with Gasteiger partial charge in [0, 0.05) is 48.3 Å². The van der Waals surface area contributed by atoms with Crippen molar-refractivity contribution in [2.24, 2.45) is 75.9 Å². The average Bonchev–Trinajstić information content (AvgIpc) is 1.55. The van der Waals surface area contributed by atoms with Crippen LogP contribution in [0.25, 0.3) is 0 Å². The molecule has 0 bridgehead atoms. The number of carbonyl (C=O) groups is 9. The Hall–Kier alpha value is -10.2. The molecule has 4 aliphatic heterocycles. The molecule has 8 fully saturated rings. The topological polar surface area (TPSA) is 292 Å². The minimum atomic E-state index is -1.51. The van der Waals surface area contributed by atoms with E-state index in [1.807, 2.05) is 55.4 Å². The molecule has 4 saturated heterocycles. The van der Waals surface area contributed by atoms with Crippen LogP contribution in [0.1, 0.15) is 213 Å². The number of hydrogen-bond acceptors (Lipinski definition) is 24. The summed E-state index contributed by atoms with van der Waals surface area (Å²) < 4.78 is 101. The molecule has 8 aliphatic rings. The highest BCUT2D eigenvalue weighted by atomic mass is 16.8. The highest BCUT2D eigenvalue weighted by Gasteiger charge is 2.65. The number of hydrogen-bond donors (Lipinski definition) is 0. The van der Waals surface area contributed by atoms with Gasteiger partial charge in [-0.05, 0) is 197 Å². The van der Waals surface area contributed by atoms with Crippen LogP contribution in [0, 0.1) is 75.9 Å². The zero-order valence-electron chi connectivity index (χ0n) is 74.7. The van der Waals surface area contributed by atoms with Gasteiger partial charge in [0.05, 0.1) is 76.1 Å². The van der Waals surface area contributed by atoms with Gasteiger partial charge in [0.2, 0.25) is 0 Å². The highest BCUT2D eigenvalue weighted by Crippen LogP contribution is 2.68. The fraction of sp³-hybridized carbons (Fsp3) is 0.510. The number of ketones is 2. The van der Waals surface area contributed by atoms with Crippen molar-refractivity contribution >= 4 is 53.4 Å². The molecule has 4 saturated carbocycles. The summed E-state index contributed by atoms with van der Waals surface area (Å²) in [4.78, 5) is 129. The molecule has 680 valence electrons. The third-order valence-corrected chi connectivity index (χ3v) is 29.4. The van der Waals surface area contributed by atoms with Crippen molar-refractivity contribution < 1.29 is 114 Å². The number of ether oxygens (including phenoxy) is 15. The second-order valence-electron chi connectivity index (χ2n) is 37.3. The van der Waals surface area contributed by atoms with E-state index in [9.17, 15) is 43.2 Å². The zero-order chi connectivity index (χ0) is 90.2. The van der Waals surface area contributed by atoms with E-state index in [1.165, 1.54) is 0 Å². The number of fused-ring (bicyclic) bond motifs is 5. The van der Waals surface area contributed by atoms with Gasteiger partial charge in [-0.1, -0.05) is 183 Å². The number of Topliss-reactive ketones (excluding diaryl/α,β-unsaturated/α-hetero) is 2. The molecule has 4 heterocycles. The fourth-order valence-electron chi connectivity index (χ4n) is 21.5. The lowest BCUT2D eigenvalue weighted by atomic mass is 9.44. The first-order chi connectivity index (χ1) is 61.6. The summed E-state index contributed by atoms with van der Waals surface area (Å²) in [5.74, 6) is -7.56. The summed E-state index contributed by atoms with van der Waals surface area (Å²) in [6.07, 6.45) is -12.4. The molecule has 30 atom stereocenters. The molecule has 128 heavy (non-hydrogen) atoms. The normalized spacial score (nSPS) is 34.2. The first kappa shape index (κ1) is 92.6. The molecule has 7 aromatic carbocycles. The Kier molecular flexibility index (Phi) is 29.6. The molecule has 0 aromatic heterocycles. The smallest absolute Gasteiger partial charge is 0.338 e. The summed E-state index contributed by atoms with van der Waals surface area (Å²) in [7, 11) is 0. The molecule has 0 N–H and O–H groups in total. The molecule has 24 heteroatoms. The number of esters is 7. The van der Waals surface area contributed by atoms with Crippen molar-refractivity contribution in [2.45, 2.75) is 245 Å². The van der Waals surface area contributed by atoms with E-state index >= 15 is 0 Å². The van der Waals surface area contributed by atoms with E-state index in [1.54, 1.807) is 219 Å². The summed E-state index contributed by atoms with van der Waals surface area (Å²) in [6, 6.07) is 59.4. The predicted molar refractivity (Wildman–Crippen MR) is 468 cm³/mol. The summed E-state index contributed by atoms with van der Waals surface area (Å²) in [5, 5.41) is 0. The van der Waals surface area contributed by atoms with Crippen molar-refractivity contribution in [3.8, 4) is 0 Å². The highest BCUT2D eigenvalue weighted by molar-refractivity contribution is 5.94. The van der Waals surface area contributed by atoms with Gasteiger partial charge in [-0.15, -0.1) is 0 Å². The number of rotatable bonds is 29. The maximum atomic E-state index is 14.9. The van der Waals surface area contributed by atoms with Gasteiger partial charge in [-0.25, -0.2) is 33.6 Å². The molecule has 24 nitrogen and oxygen atoms in total. The zero-order valence-corrected chi connectivity index (χ0v) is 74.7.